The van der Waals surface area contributed by atoms with Crippen molar-refractivity contribution in [3.05, 3.63) is 66.1 Å². The Labute approximate surface area is 142 Å². The number of aliphatic carboxylic acids is 1. The van der Waals surface area contributed by atoms with Crippen LogP contribution in [0.25, 0.3) is 10.9 Å². The average Bonchev–Trinajstić information content (AvgIpc) is 2.99. The molecule has 0 radical (unpaired) electrons. The van der Waals surface area contributed by atoms with E-state index in [-0.39, 0.29) is 12.1 Å². The maximum atomic E-state index is 13.6. The van der Waals surface area contributed by atoms with E-state index in [1.165, 1.54) is 18.2 Å². The third-order valence-corrected chi connectivity index (χ3v) is 3.82. The van der Waals surface area contributed by atoms with E-state index in [4.69, 9.17) is 0 Å². The third kappa shape index (κ3) is 3.77. The molecule has 2 amide bonds. The quantitative estimate of drug-likeness (QED) is 0.574. The molecule has 1 atom stereocenters. The van der Waals surface area contributed by atoms with E-state index in [1.807, 2.05) is 24.3 Å². The number of H-pyrrole nitrogens is 1. The van der Waals surface area contributed by atoms with Crippen LogP contribution in [0.2, 0.25) is 0 Å². The molecular weight excluding hydrogens is 325 g/mol. The molecule has 0 spiro atoms. The van der Waals surface area contributed by atoms with Crippen LogP contribution in [0, 0.1) is 5.82 Å². The van der Waals surface area contributed by atoms with Crippen molar-refractivity contribution in [3.8, 4) is 0 Å². The lowest BCUT2D eigenvalue weighted by Crippen LogP contribution is -2.44. The van der Waals surface area contributed by atoms with E-state index < -0.39 is 23.9 Å². The number of para-hydroxylation sites is 2. The molecule has 1 aromatic heterocycles. The summed E-state index contributed by atoms with van der Waals surface area (Å²) in [6.07, 6.45) is 1.82. The summed E-state index contributed by atoms with van der Waals surface area (Å²) in [6.45, 7) is 0. The number of aromatic nitrogens is 1. The van der Waals surface area contributed by atoms with Crippen LogP contribution < -0.4 is 10.6 Å². The number of hydrogen-bond acceptors (Lipinski definition) is 2. The van der Waals surface area contributed by atoms with Crippen LogP contribution in [0.15, 0.2) is 54.7 Å². The number of rotatable bonds is 5. The molecule has 0 aliphatic rings. The lowest BCUT2D eigenvalue weighted by molar-refractivity contribution is -0.139. The van der Waals surface area contributed by atoms with E-state index in [2.05, 4.69) is 15.6 Å². The Morgan fingerprint density at radius 3 is 2.60 bits per heavy atom. The molecule has 1 heterocycles. The predicted octanol–water partition coefficient (Wildman–Crippen LogP) is 3.12. The molecule has 1 unspecified atom stereocenters. The Balaban J connectivity index is 1.72. The monoisotopic (exact) mass is 341 g/mol. The summed E-state index contributed by atoms with van der Waals surface area (Å²) in [6, 6.07) is 11.2. The standard InChI is InChI=1S/C18H16FN3O3/c19-13-6-2-4-8-15(13)21-18(25)22-16(17(23)24)9-11-10-20-14-7-3-1-5-12(11)14/h1-8,10,16,20H,9H2,(H,23,24)(H2,21,22,25). The van der Waals surface area contributed by atoms with E-state index >= 15 is 0 Å². The van der Waals surface area contributed by atoms with Gasteiger partial charge in [0, 0.05) is 23.5 Å². The summed E-state index contributed by atoms with van der Waals surface area (Å²) >= 11 is 0. The molecular formula is C18H16FN3O3. The van der Waals surface area contributed by atoms with E-state index in [0.29, 0.717) is 0 Å². The fraction of sp³-hybridized carbons (Fsp3) is 0.111. The predicted molar refractivity (Wildman–Crippen MR) is 92.0 cm³/mol. The topological polar surface area (TPSA) is 94.2 Å². The number of nitrogens with one attached hydrogen (secondary N) is 3. The van der Waals surface area contributed by atoms with Crippen LogP contribution in [0.5, 0.6) is 0 Å². The normalized spacial score (nSPS) is 11.9. The van der Waals surface area contributed by atoms with E-state index in [9.17, 15) is 19.1 Å². The van der Waals surface area contributed by atoms with Crippen molar-refractivity contribution in [2.75, 3.05) is 5.32 Å². The van der Waals surface area contributed by atoms with Crippen molar-refractivity contribution in [1.29, 1.82) is 0 Å². The van der Waals surface area contributed by atoms with Crippen molar-refractivity contribution < 1.29 is 19.1 Å². The first-order valence-electron chi connectivity index (χ1n) is 7.64. The van der Waals surface area contributed by atoms with Gasteiger partial charge in [0.05, 0.1) is 5.69 Å². The van der Waals surface area contributed by atoms with E-state index in [0.717, 1.165) is 16.5 Å². The zero-order valence-electron chi connectivity index (χ0n) is 13.1. The van der Waals surface area contributed by atoms with Crippen LogP contribution >= 0.6 is 0 Å². The molecule has 0 fully saturated rings. The van der Waals surface area contributed by atoms with E-state index in [1.54, 1.807) is 12.3 Å². The second kappa shape index (κ2) is 7.04. The highest BCUT2D eigenvalue weighted by Crippen LogP contribution is 2.19. The number of amides is 2. The van der Waals surface area contributed by atoms with Gasteiger partial charge in [0.25, 0.3) is 0 Å². The Morgan fingerprint density at radius 1 is 1.12 bits per heavy atom. The van der Waals surface area contributed by atoms with Crippen LogP contribution in [0.1, 0.15) is 5.56 Å². The number of fused-ring (bicyclic) bond motifs is 1. The Kier molecular flexibility index (Phi) is 4.65. The molecule has 25 heavy (non-hydrogen) atoms. The molecule has 0 saturated heterocycles. The molecule has 3 aromatic rings. The maximum Gasteiger partial charge on any atom is 0.326 e. The highest BCUT2D eigenvalue weighted by atomic mass is 19.1. The van der Waals surface area contributed by atoms with Gasteiger partial charge in [-0.05, 0) is 23.8 Å². The molecule has 0 aliphatic heterocycles. The first-order valence-corrected chi connectivity index (χ1v) is 7.64. The lowest BCUT2D eigenvalue weighted by Gasteiger charge is -2.15. The third-order valence-electron chi connectivity index (χ3n) is 3.82. The minimum atomic E-state index is -1.17. The van der Waals surface area contributed by atoms with Gasteiger partial charge in [-0.3, -0.25) is 0 Å². The molecule has 3 rings (SSSR count). The molecule has 2 aromatic carbocycles. The van der Waals surface area contributed by atoms with Crippen molar-refractivity contribution >= 4 is 28.6 Å². The Morgan fingerprint density at radius 2 is 1.84 bits per heavy atom. The van der Waals surface area contributed by atoms with Crippen LogP contribution in [-0.2, 0) is 11.2 Å². The van der Waals surface area contributed by atoms with Gasteiger partial charge >= 0.3 is 12.0 Å². The summed E-state index contributed by atoms with van der Waals surface area (Å²) in [7, 11) is 0. The molecule has 7 heteroatoms. The molecule has 0 bridgehead atoms. The number of carboxylic acid groups (broad SMARTS) is 1. The number of hydrogen-bond donors (Lipinski definition) is 4. The summed E-state index contributed by atoms with van der Waals surface area (Å²) in [4.78, 5) is 26.6. The first-order chi connectivity index (χ1) is 12.0. The van der Waals surface area contributed by atoms with Crippen molar-refractivity contribution in [2.45, 2.75) is 12.5 Å². The number of benzene rings is 2. The van der Waals surface area contributed by atoms with Gasteiger partial charge in [-0.2, -0.15) is 0 Å². The summed E-state index contributed by atoms with van der Waals surface area (Å²) in [5.41, 5.74) is 1.64. The number of carbonyl (C=O) groups is 2. The zero-order valence-corrected chi connectivity index (χ0v) is 13.1. The van der Waals surface area contributed by atoms with Gasteiger partial charge < -0.3 is 20.7 Å². The number of carbonyl (C=O) groups excluding carboxylic acids is 1. The van der Waals surface area contributed by atoms with Gasteiger partial charge in [-0.25, -0.2) is 14.0 Å². The minimum Gasteiger partial charge on any atom is -0.480 e. The molecule has 0 saturated carbocycles. The zero-order chi connectivity index (χ0) is 17.8. The van der Waals surface area contributed by atoms with Crippen LogP contribution in [0.4, 0.5) is 14.9 Å². The minimum absolute atomic E-state index is 0.0174. The van der Waals surface area contributed by atoms with Crippen molar-refractivity contribution in [3.63, 3.8) is 0 Å². The number of carboxylic acids is 1. The Hall–Kier alpha value is -3.35. The number of halogens is 1. The van der Waals surface area contributed by atoms with Gasteiger partial charge in [-0.1, -0.05) is 30.3 Å². The first kappa shape index (κ1) is 16.5. The second-order valence-corrected chi connectivity index (χ2v) is 5.53. The van der Waals surface area contributed by atoms with Gasteiger partial charge in [0.2, 0.25) is 0 Å². The second-order valence-electron chi connectivity index (χ2n) is 5.53. The molecule has 0 aliphatic carbocycles. The fourth-order valence-corrected chi connectivity index (χ4v) is 2.60. The number of anilines is 1. The van der Waals surface area contributed by atoms with Gasteiger partial charge in [0.1, 0.15) is 11.9 Å². The average molecular weight is 341 g/mol. The SMILES string of the molecule is O=C(Nc1ccccc1F)NC(Cc1c[nH]c2ccccc12)C(=O)O. The Bertz CT molecular complexity index is 923. The summed E-state index contributed by atoms with van der Waals surface area (Å²) < 4.78 is 13.6. The largest absolute Gasteiger partial charge is 0.480 e. The highest BCUT2D eigenvalue weighted by Gasteiger charge is 2.22. The van der Waals surface area contributed by atoms with Crippen molar-refractivity contribution in [2.24, 2.45) is 0 Å². The summed E-state index contributed by atoms with van der Waals surface area (Å²) in [5.74, 6) is -1.77. The van der Waals surface area contributed by atoms with Crippen LogP contribution in [-0.4, -0.2) is 28.1 Å². The fourth-order valence-electron chi connectivity index (χ4n) is 2.60. The highest BCUT2D eigenvalue weighted by molar-refractivity contribution is 5.93. The van der Waals surface area contributed by atoms with Gasteiger partial charge in [0.15, 0.2) is 0 Å². The maximum absolute atomic E-state index is 13.6. The van der Waals surface area contributed by atoms with Crippen LogP contribution in [0.3, 0.4) is 0 Å². The number of urea groups is 1. The smallest absolute Gasteiger partial charge is 0.326 e. The van der Waals surface area contributed by atoms with Gasteiger partial charge in [-0.15, -0.1) is 0 Å². The molecule has 4 N–H and O–H groups in total. The molecule has 128 valence electrons. The summed E-state index contributed by atoms with van der Waals surface area (Å²) in [5, 5.41) is 15.0. The van der Waals surface area contributed by atoms with Crippen molar-refractivity contribution in [1.82, 2.24) is 10.3 Å². The molecule has 6 nitrogen and oxygen atoms in total. The number of aromatic amines is 1. The lowest BCUT2D eigenvalue weighted by atomic mass is 10.1.